The van der Waals surface area contributed by atoms with Crippen LogP contribution in [0.5, 0.6) is 0 Å². The number of aryl methyl sites for hydroxylation is 2. The number of fused-ring (bicyclic) bond motifs is 1. The topological polar surface area (TPSA) is 108 Å². The predicted octanol–water partition coefficient (Wildman–Crippen LogP) is 3.20. The number of carbonyl (C=O) groups excluding carboxylic acids is 2. The van der Waals surface area contributed by atoms with Crippen molar-refractivity contribution < 1.29 is 14.0 Å². The van der Waals surface area contributed by atoms with Crippen molar-refractivity contribution >= 4 is 23.2 Å². The second kappa shape index (κ2) is 8.62. The first kappa shape index (κ1) is 20.6. The molecule has 0 spiro atoms. The van der Waals surface area contributed by atoms with Gasteiger partial charge < -0.3 is 10.6 Å². The van der Waals surface area contributed by atoms with Gasteiger partial charge in [-0.2, -0.15) is 5.26 Å². The van der Waals surface area contributed by atoms with E-state index in [2.05, 4.69) is 26.7 Å². The molecule has 7 nitrogen and oxygen atoms in total. The monoisotopic (exact) mass is 435 g/mol. The maximum atomic E-state index is 13.4. The molecule has 1 atom stereocenters. The van der Waals surface area contributed by atoms with Crippen molar-refractivity contribution in [3.8, 4) is 6.07 Å². The summed E-state index contributed by atoms with van der Waals surface area (Å²) in [5.41, 5.74) is 2.49. The first-order chi connectivity index (χ1) is 14.9. The normalized spacial score (nSPS) is 14.5. The molecule has 0 bridgehead atoms. The number of nitriles is 1. The summed E-state index contributed by atoms with van der Waals surface area (Å²) in [5, 5.41) is 14.7. The molecule has 0 fully saturated rings. The van der Waals surface area contributed by atoms with Crippen LogP contribution >= 0.6 is 11.3 Å². The van der Waals surface area contributed by atoms with Crippen molar-refractivity contribution in [3.05, 3.63) is 80.3 Å². The van der Waals surface area contributed by atoms with Crippen LogP contribution in [0, 0.1) is 24.1 Å². The second-order valence-corrected chi connectivity index (χ2v) is 8.32. The lowest BCUT2D eigenvalue weighted by atomic mass is 10.1. The summed E-state index contributed by atoms with van der Waals surface area (Å²) in [4.78, 5) is 34.7. The van der Waals surface area contributed by atoms with Gasteiger partial charge in [0, 0.05) is 17.5 Å². The molecule has 0 saturated carbocycles. The van der Waals surface area contributed by atoms with Gasteiger partial charge in [-0.15, -0.1) is 11.3 Å². The van der Waals surface area contributed by atoms with Gasteiger partial charge in [-0.25, -0.2) is 14.4 Å². The number of nitrogens with one attached hydrogen (secondary N) is 2. The standard InChI is InChI=1S/C22H18FN5O2S/c1-12-6-13(2-4-16(12)23)10-25-21(29)18-8-19(27-11-26-18)22(30)28-17-5-3-14-7-15(9-24)31-20(14)17/h2,4,6-8,11,17H,3,5,10H2,1H3,(H,25,29)(H,28,30)/t17-/m0/s1. The number of amides is 2. The van der Waals surface area contributed by atoms with E-state index in [4.69, 9.17) is 5.26 Å². The third-order valence-corrected chi connectivity index (χ3v) is 6.28. The molecule has 0 saturated heterocycles. The zero-order valence-corrected chi connectivity index (χ0v) is 17.4. The smallest absolute Gasteiger partial charge is 0.270 e. The summed E-state index contributed by atoms with van der Waals surface area (Å²) >= 11 is 1.39. The van der Waals surface area contributed by atoms with E-state index in [0.717, 1.165) is 28.8 Å². The van der Waals surface area contributed by atoms with Crippen molar-refractivity contribution in [3.63, 3.8) is 0 Å². The summed E-state index contributed by atoms with van der Waals surface area (Å²) in [5.74, 6) is -1.17. The molecule has 0 aliphatic heterocycles. The Labute approximate surface area is 182 Å². The molecule has 2 heterocycles. The second-order valence-electron chi connectivity index (χ2n) is 7.23. The van der Waals surface area contributed by atoms with Gasteiger partial charge in [0.2, 0.25) is 0 Å². The van der Waals surface area contributed by atoms with Crippen molar-refractivity contribution in [2.75, 3.05) is 0 Å². The number of nitrogens with zero attached hydrogens (tertiary/aromatic N) is 3. The zero-order valence-electron chi connectivity index (χ0n) is 16.6. The van der Waals surface area contributed by atoms with Gasteiger partial charge in [0.1, 0.15) is 34.5 Å². The molecule has 2 N–H and O–H groups in total. The first-order valence-electron chi connectivity index (χ1n) is 9.63. The number of hydrogen-bond acceptors (Lipinski definition) is 6. The van der Waals surface area contributed by atoms with Crippen molar-refractivity contribution in [2.45, 2.75) is 32.4 Å². The minimum absolute atomic E-state index is 0.0639. The number of thiophene rings is 1. The third-order valence-electron chi connectivity index (χ3n) is 5.08. The molecule has 4 rings (SSSR count). The molecule has 0 radical (unpaired) electrons. The lowest BCUT2D eigenvalue weighted by Gasteiger charge is -2.12. The van der Waals surface area contributed by atoms with Crippen LogP contribution < -0.4 is 10.6 Å². The summed E-state index contributed by atoms with van der Waals surface area (Å²) in [6, 6.07) is 9.77. The Balaban J connectivity index is 1.41. The first-order valence-corrected chi connectivity index (χ1v) is 10.4. The number of aromatic nitrogens is 2. The SMILES string of the molecule is Cc1cc(CNC(=O)c2cc(C(=O)N[C@H]3CCc4cc(C#N)sc43)ncn2)ccc1F. The number of benzene rings is 1. The highest BCUT2D eigenvalue weighted by Gasteiger charge is 2.27. The van der Waals surface area contributed by atoms with E-state index in [1.165, 1.54) is 29.8 Å². The van der Waals surface area contributed by atoms with Gasteiger partial charge in [0.15, 0.2) is 0 Å². The number of halogens is 1. The Morgan fingerprint density at radius 1 is 1.23 bits per heavy atom. The summed E-state index contributed by atoms with van der Waals surface area (Å²) in [7, 11) is 0. The van der Waals surface area contributed by atoms with E-state index < -0.39 is 11.8 Å². The Morgan fingerprint density at radius 3 is 2.74 bits per heavy atom. The summed E-state index contributed by atoms with van der Waals surface area (Å²) in [6.45, 7) is 1.86. The van der Waals surface area contributed by atoms with Crippen LogP contribution in [0.4, 0.5) is 4.39 Å². The van der Waals surface area contributed by atoms with E-state index >= 15 is 0 Å². The maximum Gasteiger partial charge on any atom is 0.270 e. The minimum Gasteiger partial charge on any atom is -0.347 e. The minimum atomic E-state index is -0.460. The Morgan fingerprint density at radius 2 is 2.00 bits per heavy atom. The third kappa shape index (κ3) is 4.44. The average Bonchev–Trinajstić information content (AvgIpc) is 3.35. The fourth-order valence-corrected chi connectivity index (χ4v) is 4.58. The van der Waals surface area contributed by atoms with E-state index in [1.807, 2.05) is 6.07 Å². The van der Waals surface area contributed by atoms with Crippen molar-refractivity contribution in [2.24, 2.45) is 0 Å². The van der Waals surface area contributed by atoms with Crippen LogP contribution in [0.15, 0.2) is 36.7 Å². The Kier molecular flexibility index (Phi) is 5.73. The molecule has 2 amide bonds. The average molecular weight is 435 g/mol. The molecule has 3 aromatic rings. The van der Waals surface area contributed by atoms with Crippen LogP contribution in [0.2, 0.25) is 0 Å². The van der Waals surface area contributed by atoms with Gasteiger partial charge >= 0.3 is 0 Å². The molecule has 2 aromatic heterocycles. The van der Waals surface area contributed by atoms with Gasteiger partial charge in [-0.1, -0.05) is 12.1 Å². The zero-order chi connectivity index (χ0) is 22.0. The van der Waals surface area contributed by atoms with Crippen molar-refractivity contribution in [1.82, 2.24) is 20.6 Å². The molecule has 1 aliphatic carbocycles. The van der Waals surface area contributed by atoms with Crippen LogP contribution in [0.25, 0.3) is 0 Å². The summed E-state index contributed by atoms with van der Waals surface area (Å²) < 4.78 is 13.4. The van der Waals surface area contributed by atoms with Crippen LogP contribution in [0.1, 0.15) is 59.9 Å². The van der Waals surface area contributed by atoms with Gasteiger partial charge in [0.25, 0.3) is 11.8 Å². The molecule has 9 heteroatoms. The van der Waals surface area contributed by atoms with Crippen molar-refractivity contribution in [1.29, 1.82) is 5.26 Å². The van der Waals surface area contributed by atoms with Crippen LogP contribution in [-0.2, 0) is 13.0 Å². The fraction of sp³-hybridized carbons (Fsp3) is 0.227. The summed E-state index contributed by atoms with van der Waals surface area (Å²) in [6.07, 6.45) is 2.73. The van der Waals surface area contributed by atoms with Gasteiger partial charge in [0.05, 0.1) is 6.04 Å². The van der Waals surface area contributed by atoms with E-state index in [9.17, 15) is 14.0 Å². The van der Waals surface area contributed by atoms with Gasteiger partial charge in [-0.3, -0.25) is 9.59 Å². The number of hydrogen-bond donors (Lipinski definition) is 2. The largest absolute Gasteiger partial charge is 0.347 e. The molecular formula is C22H18FN5O2S. The number of rotatable bonds is 5. The highest BCUT2D eigenvalue weighted by Crippen LogP contribution is 2.37. The quantitative estimate of drug-likeness (QED) is 0.640. The molecule has 1 aliphatic rings. The van der Waals surface area contributed by atoms with Crippen LogP contribution in [0.3, 0.4) is 0 Å². The number of carbonyl (C=O) groups is 2. The molecule has 0 unspecified atom stereocenters. The highest BCUT2D eigenvalue weighted by molar-refractivity contribution is 7.12. The van der Waals surface area contributed by atoms with E-state index in [0.29, 0.717) is 10.4 Å². The molecule has 31 heavy (non-hydrogen) atoms. The van der Waals surface area contributed by atoms with E-state index in [-0.39, 0.29) is 29.8 Å². The lowest BCUT2D eigenvalue weighted by Crippen LogP contribution is -2.29. The molecule has 1 aromatic carbocycles. The maximum absolute atomic E-state index is 13.4. The lowest BCUT2D eigenvalue weighted by molar-refractivity contribution is 0.0932. The van der Waals surface area contributed by atoms with Crippen LogP contribution in [-0.4, -0.2) is 21.8 Å². The Bertz CT molecular complexity index is 1220. The Hall–Kier alpha value is -3.64. The molecule has 156 valence electrons. The van der Waals surface area contributed by atoms with Gasteiger partial charge in [-0.05, 0) is 48.6 Å². The molecular weight excluding hydrogens is 417 g/mol. The van der Waals surface area contributed by atoms with E-state index in [1.54, 1.807) is 19.1 Å². The fourth-order valence-electron chi connectivity index (χ4n) is 3.48. The predicted molar refractivity (Wildman–Crippen MR) is 112 cm³/mol. The highest BCUT2D eigenvalue weighted by atomic mass is 32.1.